The topological polar surface area (TPSA) is 399 Å². The predicted octanol–water partition coefficient (Wildman–Crippen LogP) is -1.02. The van der Waals surface area contributed by atoms with Gasteiger partial charge in [0.15, 0.2) is 0 Å². The molecular weight excluding hydrogens is 1210 g/mol. The summed E-state index contributed by atoms with van der Waals surface area (Å²) in [5.41, 5.74) is 1.27. The fourth-order valence-corrected chi connectivity index (χ4v) is 11.2. The summed E-state index contributed by atoms with van der Waals surface area (Å²) in [5, 5.41) is 78.2. The summed E-state index contributed by atoms with van der Waals surface area (Å²) in [5.74, 6) is -4.72. The maximum atomic E-state index is 12.6. The highest BCUT2D eigenvalue weighted by atomic mass is 35.5. The molecule has 3 aliphatic heterocycles. The summed E-state index contributed by atoms with van der Waals surface area (Å²) in [7, 11) is 0. The molecule has 1 aromatic heterocycles. The number of urea groups is 1. The van der Waals surface area contributed by atoms with E-state index in [2.05, 4.69) is 42.2 Å². The monoisotopic (exact) mass is 1310 g/mol. The van der Waals surface area contributed by atoms with Crippen molar-refractivity contribution in [3.05, 3.63) is 46.7 Å². The molecule has 0 saturated carbocycles. The second-order valence-corrected chi connectivity index (χ2v) is 22.9. The highest BCUT2D eigenvalue weighted by Gasteiger charge is 2.56. The lowest BCUT2D eigenvalue weighted by Gasteiger charge is -2.46. The number of carboxylic acid groups (broad SMARTS) is 1. The highest BCUT2D eigenvalue weighted by molar-refractivity contribution is 8.00. The molecule has 0 radical (unpaired) electrons. The first-order valence-corrected chi connectivity index (χ1v) is 31.8. The normalized spacial score (nSPS) is 21.2. The Balaban J connectivity index is 0.755. The van der Waals surface area contributed by atoms with Crippen LogP contribution >= 0.6 is 23.4 Å². The van der Waals surface area contributed by atoms with Crippen LogP contribution < -0.4 is 31.9 Å². The van der Waals surface area contributed by atoms with E-state index < -0.39 is 73.6 Å². The van der Waals surface area contributed by atoms with Crippen LogP contribution in [-0.2, 0) is 90.9 Å². The van der Waals surface area contributed by atoms with Crippen molar-refractivity contribution < 1.29 is 102 Å². The van der Waals surface area contributed by atoms with Gasteiger partial charge in [-0.2, -0.15) is 11.8 Å². The quantitative estimate of drug-likeness (QED) is 0.0279. The summed E-state index contributed by atoms with van der Waals surface area (Å²) >= 11 is 7.78. The molecule has 9 atom stereocenters. The van der Waals surface area contributed by atoms with Gasteiger partial charge in [0.25, 0.3) is 5.79 Å². The third-order valence-corrected chi connectivity index (χ3v) is 16.0. The zero-order valence-electron chi connectivity index (χ0n) is 50.4. The number of ether oxygens (including phenoxy) is 10. The Morgan fingerprint density at radius 3 is 1.94 bits per heavy atom. The summed E-state index contributed by atoms with van der Waals surface area (Å²) in [6.07, 6.45) is -0.139. The van der Waals surface area contributed by atoms with Gasteiger partial charge >= 0.3 is 12.0 Å². The van der Waals surface area contributed by atoms with E-state index in [0.717, 1.165) is 25.0 Å². The molecule has 0 unspecified atom stereocenters. The third kappa shape index (κ3) is 29.9. The first kappa shape index (κ1) is 74.8. The molecule has 0 bridgehead atoms. The van der Waals surface area contributed by atoms with Crippen molar-refractivity contribution >= 4 is 59.0 Å². The number of thioether (sulfide) groups is 1. The molecule has 0 aliphatic carbocycles. The van der Waals surface area contributed by atoms with Gasteiger partial charge in [0.05, 0.1) is 155 Å². The van der Waals surface area contributed by atoms with Crippen molar-refractivity contribution in [3.63, 3.8) is 0 Å². The minimum Gasteiger partial charge on any atom is -0.477 e. The Bertz CT molecular complexity index is 2360. The van der Waals surface area contributed by atoms with Crippen LogP contribution in [0.3, 0.4) is 0 Å². The zero-order chi connectivity index (χ0) is 63.9. The number of carboxylic acids is 1. The van der Waals surface area contributed by atoms with E-state index in [1.54, 1.807) is 35.1 Å². The molecule has 4 heterocycles. The largest absolute Gasteiger partial charge is 0.477 e. The Morgan fingerprint density at radius 1 is 0.719 bits per heavy atom. The minimum absolute atomic E-state index is 0.0131. The molecule has 3 aliphatic rings. The molecule has 89 heavy (non-hydrogen) atoms. The molecule has 1 aromatic carbocycles. The van der Waals surface area contributed by atoms with Crippen molar-refractivity contribution in [2.75, 3.05) is 138 Å². The fourth-order valence-electron chi connectivity index (χ4n) is 9.57. The van der Waals surface area contributed by atoms with E-state index in [1.165, 1.54) is 0 Å². The SMILES string of the molecule is O=C(CCCC[C@H]1SC[C@H]2NC(=O)N[C@H]21)NCCOCCOCCOCCOCCC(=O)NCCOCCOCCOCCOCc1cn(CCCCCCO[C@]2(C(=O)O)C[C@H](O)[C@@H](NC(=O)CO)[C@H]([C@H](O)[C@H](O)CNC(=O)Cc3ccc(Cl)cc3)O2)nn1. The van der Waals surface area contributed by atoms with Crippen LogP contribution in [0.5, 0.6) is 0 Å². The van der Waals surface area contributed by atoms with Gasteiger partial charge in [-0.3, -0.25) is 23.9 Å². The summed E-state index contributed by atoms with van der Waals surface area (Å²) in [4.78, 5) is 73.0. The first-order valence-electron chi connectivity index (χ1n) is 30.4. The number of rotatable bonds is 51. The number of aromatic nitrogens is 3. The number of carbonyl (C=O) groups is 6. The average molecular weight is 1310 g/mol. The smallest absolute Gasteiger partial charge is 0.364 e. The molecule has 3 fully saturated rings. The van der Waals surface area contributed by atoms with E-state index >= 15 is 0 Å². The summed E-state index contributed by atoms with van der Waals surface area (Å²) in [6.45, 7) is 5.57. The molecule has 11 N–H and O–H groups in total. The van der Waals surface area contributed by atoms with E-state index in [-0.39, 0.29) is 62.6 Å². The molecule has 6 amide bonds. The van der Waals surface area contributed by atoms with Crippen LogP contribution in [0.2, 0.25) is 5.02 Å². The third-order valence-electron chi connectivity index (χ3n) is 14.3. The van der Waals surface area contributed by atoms with Crippen LogP contribution in [0.25, 0.3) is 0 Å². The Kier molecular flexibility index (Phi) is 36.8. The van der Waals surface area contributed by atoms with Crippen LogP contribution in [-0.4, -0.2) is 267 Å². The molecule has 32 heteroatoms. The lowest BCUT2D eigenvalue weighted by atomic mass is 9.88. The molecule has 3 saturated heterocycles. The highest BCUT2D eigenvalue weighted by Crippen LogP contribution is 2.35. The number of aryl methyl sites for hydroxylation is 1. The number of hydrogen-bond donors (Lipinski definition) is 11. The van der Waals surface area contributed by atoms with Crippen molar-refractivity contribution in [1.29, 1.82) is 0 Å². The minimum atomic E-state index is -2.47. The van der Waals surface area contributed by atoms with Gasteiger partial charge in [-0.25, -0.2) is 9.59 Å². The van der Waals surface area contributed by atoms with Gasteiger partial charge in [0.1, 0.15) is 24.5 Å². The Hall–Kier alpha value is -4.94. The second-order valence-electron chi connectivity index (χ2n) is 21.2. The predicted molar refractivity (Wildman–Crippen MR) is 319 cm³/mol. The van der Waals surface area contributed by atoms with Crippen LogP contribution in [0, 0.1) is 0 Å². The number of amides is 6. The number of halogens is 1. The van der Waals surface area contributed by atoms with Crippen LogP contribution in [0.1, 0.15) is 75.5 Å². The Labute approximate surface area is 527 Å². The average Bonchev–Trinajstić information content (AvgIpc) is 2.33. The lowest BCUT2D eigenvalue weighted by molar-refractivity contribution is -0.310. The number of hydrogen-bond acceptors (Lipinski definition) is 23. The second kappa shape index (κ2) is 43.8. The van der Waals surface area contributed by atoms with E-state index in [0.29, 0.717) is 166 Å². The molecule has 2 aromatic rings. The summed E-state index contributed by atoms with van der Waals surface area (Å²) < 4.78 is 57.4. The van der Waals surface area contributed by atoms with Gasteiger partial charge in [-0.05, 0) is 43.4 Å². The number of carbonyl (C=O) groups excluding carboxylic acids is 5. The number of benzene rings is 1. The number of nitrogens with one attached hydrogen (secondary N) is 6. The van der Waals surface area contributed by atoms with Gasteiger partial charge in [0, 0.05) is 61.5 Å². The standard InChI is InChI=1S/C57H92ClN9O21S/c58-41-11-9-40(10-12-41)33-49(73)61-35-45(70)53(75)54-52(63-50(74)37-68)44(69)34-57(88-54,55(76)77)87-17-6-2-1-5-16-67-36-42(65-66-67)38-86-32-31-85-30-29-84-26-23-81-20-15-60-48(72)13-18-79-21-24-82-27-28-83-25-22-80-19-14-59-47(71)8-4-3-7-46-51-43(39-89-46)62-56(78)64-51/h9-12,36,43-46,51-54,68-70,75H,1-8,13-35,37-39H2,(H,59,71)(H,60,72)(H,61,73)(H,63,74)(H,76,77)(H2,62,64,78)/t43-,44+,45-,46-,51-,52-,53-,54-,57-/m1/s1. The number of fused-ring (bicyclic) bond motifs is 1. The maximum absolute atomic E-state index is 12.6. The van der Waals surface area contributed by atoms with Gasteiger partial charge in [0.2, 0.25) is 23.6 Å². The van der Waals surface area contributed by atoms with Crippen molar-refractivity contribution in [2.24, 2.45) is 0 Å². The van der Waals surface area contributed by atoms with Crippen LogP contribution in [0.15, 0.2) is 30.5 Å². The van der Waals surface area contributed by atoms with Crippen LogP contribution in [0.4, 0.5) is 4.79 Å². The first-order chi connectivity index (χ1) is 43.2. The van der Waals surface area contributed by atoms with Crippen molar-refractivity contribution in [1.82, 2.24) is 46.9 Å². The number of aliphatic carboxylic acids is 1. The molecular formula is C57H92ClN9O21S. The van der Waals surface area contributed by atoms with E-state index in [4.69, 9.17) is 59.0 Å². The zero-order valence-corrected chi connectivity index (χ0v) is 52.0. The number of aliphatic hydroxyl groups is 4. The fraction of sp³-hybridized carbons (Fsp3) is 0.754. The molecule has 504 valence electrons. The molecule has 30 nitrogen and oxygen atoms in total. The van der Waals surface area contributed by atoms with Gasteiger partial charge in [-0.15, -0.1) is 5.10 Å². The van der Waals surface area contributed by atoms with Gasteiger partial charge in [-0.1, -0.05) is 48.2 Å². The number of unbranched alkanes of at least 4 members (excludes halogenated alkanes) is 4. The van der Waals surface area contributed by atoms with E-state index in [1.807, 2.05) is 11.8 Å². The molecule has 0 spiro atoms. The van der Waals surface area contributed by atoms with E-state index in [9.17, 15) is 54.3 Å². The van der Waals surface area contributed by atoms with Crippen molar-refractivity contribution in [2.45, 2.75) is 137 Å². The van der Waals surface area contributed by atoms with Gasteiger partial charge < -0.3 is 105 Å². The Morgan fingerprint density at radius 2 is 1.31 bits per heavy atom. The molecule has 5 rings (SSSR count). The summed E-state index contributed by atoms with van der Waals surface area (Å²) in [6, 6.07) is 5.39. The maximum Gasteiger partial charge on any atom is 0.364 e. The number of nitrogens with zero attached hydrogens (tertiary/aromatic N) is 3. The number of aliphatic hydroxyl groups excluding tert-OH is 4. The van der Waals surface area contributed by atoms with Crippen molar-refractivity contribution in [3.8, 4) is 0 Å². The lowest BCUT2D eigenvalue weighted by Crippen LogP contribution is -2.68.